The molecule has 12 nitrogen and oxygen atoms in total. The van der Waals surface area contributed by atoms with Gasteiger partial charge in [0.15, 0.2) is 11.5 Å². The van der Waals surface area contributed by atoms with Crippen molar-refractivity contribution in [3.05, 3.63) is 23.3 Å². The summed E-state index contributed by atoms with van der Waals surface area (Å²) in [6.07, 6.45) is 0.563. The molecule has 0 aromatic heterocycles. The van der Waals surface area contributed by atoms with Crippen molar-refractivity contribution >= 4 is 23.9 Å². The molecule has 0 radical (unpaired) electrons. The molecule has 0 saturated carbocycles. The van der Waals surface area contributed by atoms with Crippen LogP contribution in [0.3, 0.4) is 0 Å². The minimum Gasteiger partial charge on any atom is -0.504 e. The Morgan fingerprint density at radius 2 is 1.64 bits per heavy atom. The van der Waals surface area contributed by atoms with E-state index >= 15 is 0 Å². The fourth-order valence-corrected chi connectivity index (χ4v) is 7.20. The minimum absolute atomic E-state index is 0.148. The summed E-state index contributed by atoms with van der Waals surface area (Å²) < 4.78 is 17.6. The number of phenols is 1. The largest absolute Gasteiger partial charge is 0.504 e. The molecule has 4 N–H and O–H groups in total. The second kappa shape index (κ2) is 13.7. The van der Waals surface area contributed by atoms with Crippen LogP contribution in [-0.4, -0.2) is 87.3 Å². The lowest BCUT2D eigenvalue weighted by Crippen LogP contribution is -2.53. The Labute approximate surface area is 244 Å². The third kappa shape index (κ3) is 7.33. The standard InChI is InChI=1S/C30H41NO11/c1-3-8-31-9-4-5-18-10-19-17(11-23(18)31)6-7-24(33)29(19)42-30-22(14-28(38)39)20(12-26(34)35)21(13-27(36)37)25(41-30)15-40-16(2)32/h6-7,18,20-23,25,30,33H,3-5,8-15H2,1-2H3,(H,34,35)(H,36,37)(H,38,39)/t18-,20+,21-,22-,23-,25+,30+/m1/s1. The first-order chi connectivity index (χ1) is 20.0. The first-order valence-electron chi connectivity index (χ1n) is 14.7. The number of piperidine rings is 1. The molecule has 2 fully saturated rings. The van der Waals surface area contributed by atoms with Crippen LogP contribution in [0.1, 0.15) is 63.5 Å². The van der Waals surface area contributed by atoms with Gasteiger partial charge in [-0.1, -0.05) is 13.0 Å². The van der Waals surface area contributed by atoms with E-state index in [-0.39, 0.29) is 18.1 Å². The zero-order valence-electron chi connectivity index (χ0n) is 24.1. The highest BCUT2D eigenvalue weighted by Crippen LogP contribution is 2.46. The van der Waals surface area contributed by atoms with Crippen LogP contribution in [-0.2, 0) is 41.5 Å². The predicted molar refractivity (Wildman–Crippen MR) is 147 cm³/mol. The van der Waals surface area contributed by atoms with E-state index in [1.165, 1.54) is 13.0 Å². The van der Waals surface area contributed by atoms with Crippen LogP contribution in [0.2, 0.25) is 0 Å². The minimum atomic E-state index is -1.34. The van der Waals surface area contributed by atoms with E-state index in [4.69, 9.17) is 14.2 Å². The summed E-state index contributed by atoms with van der Waals surface area (Å²) in [4.78, 5) is 49.8. The van der Waals surface area contributed by atoms with E-state index in [9.17, 15) is 39.6 Å². The molecule has 1 aromatic rings. The van der Waals surface area contributed by atoms with Crippen molar-refractivity contribution in [1.29, 1.82) is 0 Å². The van der Waals surface area contributed by atoms with E-state index in [1.54, 1.807) is 0 Å². The average Bonchev–Trinajstić information content (AvgIpc) is 2.91. The van der Waals surface area contributed by atoms with Crippen molar-refractivity contribution in [3.63, 3.8) is 0 Å². The number of rotatable bonds is 12. The molecule has 4 rings (SSSR count). The van der Waals surface area contributed by atoms with Gasteiger partial charge >= 0.3 is 23.9 Å². The van der Waals surface area contributed by atoms with Crippen LogP contribution in [0.4, 0.5) is 0 Å². The van der Waals surface area contributed by atoms with Gasteiger partial charge in [-0.3, -0.25) is 24.1 Å². The number of carboxylic acid groups (broad SMARTS) is 3. The highest BCUT2D eigenvalue weighted by Gasteiger charge is 2.50. The molecule has 42 heavy (non-hydrogen) atoms. The summed E-state index contributed by atoms with van der Waals surface area (Å²) in [6.45, 7) is 5.04. The molecular weight excluding hydrogens is 550 g/mol. The number of nitrogens with zero attached hydrogens (tertiary/aromatic N) is 1. The molecule has 3 aliphatic rings. The number of ether oxygens (including phenoxy) is 3. The Morgan fingerprint density at radius 1 is 0.976 bits per heavy atom. The third-order valence-corrected chi connectivity index (χ3v) is 8.93. The molecule has 0 spiro atoms. The van der Waals surface area contributed by atoms with Crippen LogP contribution >= 0.6 is 0 Å². The van der Waals surface area contributed by atoms with Gasteiger partial charge in [-0.15, -0.1) is 0 Å². The predicted octanol–water partition coefficient (Wildman–Crippen LogP) is 2.92. The van der Waals surface area contributed by atoms with Crippen LogP contribution in [0.25, 0.3) is 0 Å². The molecule has 1 aromatic carbocycles. The van der Waals surface area contributed by atoms with Crippen molar-refractivity contribution in [1.82, 2.24) is 4.90 Å². The zero-order valence-corrected chi connectivity index (χ0v) is 24.1. The molecule has 1 aliphatic carbocycles. The highest BCUT2D eigenvalue weighted by molar-refractivity contribution is 5.70. The van der Waals surface area contributed by atoms with Crippen molar-refractivity contribution in [2.24, 2.45) is 23.7 Å². The molecule has 12 heteroatoms. The number of aliphatic carboxylic acids is 3. The maximum atomic E-state index is 12.0. The average molecular weight is 592 g/mol. The summed E-state index contributed by atoms with van der Waals surface area (Å²) in [6, 6.07) is 3.79. The van der Waals surface area contributed by atoms with Gasteiger partial charge in [-0.25, -0.2) is 0 Å². The van der Waals surface area contributed by atoms with Crippen LogP contribution in [0.5, 0.6) is 11.5 Å². The number of hydrogen-bond donors (Lipinski definition) is 4. The molecule has 0 unspecified atom stereocenters. The van der Waals surface area contributed by atoms with Crippen molar-refractivity contribution in [3.8, 4) is 11.5 Å². The number of carboxylic acids is 3. The summed E-state index contributed by atoms with van der Waals surface area (Å²) in [5.41, 5.74) is 1.83. The number of carbonyl (C=O) groups is 4. The Balaban J connectivity index is 1.71. The summed E-state index contributed by atoms with van der Waals surface area (Å²) in [7, 11) is 0. The van der Waals surface area contributed by atoms with E-state index < -0.39 is 73.3 Å². The summed E-state index contributed by atoms with van der Waals surface area (Å²) in [5, 5.41) is 40.1. The normalized spacial score (nSPS) is 29.1. The highest BCUT2D eigenvalue weighted by atomic mass is 16.7. The van der Waals surface area contributed by atoms with Gasteiger partial charge in [0.05, 0.1) is 18.9 Å². The van der Waals surface area contributed by atoms with E-state index in [1.807, 2.05) is 6.07 Å². The fraction of sp³-hybridized carbons (Fsp3) is 0.667. The second-order valence-corrected chi connectivity index (χ2v) is 11.7. The summed E-state index contributed by atoms with van der Waals surface area (Å²) >= 11 is 0. The van der Waals surface area contributed by atoms with Gasteiger partial charge in [0.1, 0.15) is 6.61 Å². The Morgan fingerprint density at radius 3 is 2.29 bits per heavy atom. The van der Waals surface area contributed by atoms with Crippen LogP contribution < -0.4 is 4.74 Å². The maximum Gasteiger partial charge on any atom is 0.303 e. The first kappa shape index (κ1) is 31.6. The molecular formula is C30H41NO11. The number of benzene rings is 1. The van der Waals surface area contributed by atoms with Crippen LogP contribution in [0, 0.1) is 23.7 Å². The monoisotopic (exact) mass is 591 g/mol. The Kier molecular flexibility index (Phi) is 10.3. The van der Waals surface area contributed by atoms with Gasteiger partial charge in [-0.2, -0.15) is 0 Å². The fourth-order valence-electron chi connectivity index (χ4n) is 7.20. The van der Waals surface area contributed by atoms with Gasteiger partial charge < -0.3 is 34.6 Å². The van der Waals surface area contributed by atoms with Gasteiger partial charge in [0.2, 0.25) is 6.29 Å². The van der Waals surface area contributed by atoms with E-state index in [0.717, 1.165) is 49.9 Å². The van der Waals surface area contributed by atoms with Crippen molar-refractivity contribution in [2.75, 3.05) is 19.7 Å². The number of hydrogen-bond acceptors (Lipinski definition) is 9. The SMILES string of the molecule is CCCN1CCC[C@@H]2Cc3c(ccc(O)c3O[C@@H]3O[C@@H](COC(C)=O)[C@H](CC(=O)O)[C@H](CC(=O)O)[C@H]3CC(=O)O)C[C@H]21. The van der Waals surface area contributed by atoms with Gasteiger partial charge in [0.25, 0.3) is 0 Å². The lowest BCUT2D eigenvalue weighted by molar-refractivity contribution is -0.237. The quantitative estimate of drug-likeness (QED) is 0.261. The maximum absolute atomic E-state index is 12.0. The van der Waals surface area contributed by atoms with Crippen molar-refractivity contribution < 1.29 is 53.8 Å². The number of esters is 1. The number of phenolic OH excluding ortho intramolecular Hbond substituents is 1. The lowest BCUT2D eigenvalue weighted by Gasteiger charge is -2.47. The molecule has 0 bridgehead atoms. The number of carbonyl (C=O) groups excluding carboxylic acids is 1. The lowest BCUT2D eigenvalue weighted by atomic mass is 9.71. The second-order valence-electron chi connectivity index (χ2n) is 11.7. The third-order valence-electron chi connectivity index (χ3n) is 8.93. The van der Waals surface area contributed by atoms with Crippen LogP contribution in [0.15, 0.2) is 12.1 Å². The van der Waals surface area contributed by atoms with E-state index in [2.05, 4.69) is 11.8 Å². The smallest absolute Gasteiger partial charge is 0.303 e. The van der Waals surface area contributed by atoms with Gasteiger partial charge in [0, 0.05) is 36.8 Å². The molecule has 2 heterocycles. The Bertz CT molecular complexity index is 1170. The number of aromatic hydroxyl groups is 1. The molecule has 2 saturated heterocycles. The first-order valence-corrected chi connectivity index (χ1v) is 14.7. The number of likely N-dealkylation sites (tertiary alicyclic amines) is 1. The van der Waals surface area contributed by atoms with Gasteiger partial charge in [-0.05, 0) is 68.7 Å². The van der Waals surface area contributed by atoms with Crippen molar-refractivity contribution in [2.45, 2.75) is 83.6 Å². The molecule has 0 amide bonds. The zero-order chi connectivity index (χ0) is 30.6. The molecule has 7 atom stereocenters. The molecule has 232 valence electrons. The topological polar surface area (TPSA) is 180 Å². The molecule has 2 aliphatic heterocycles. The van der Waals surface area contributed by atoms with E-state index in [0.29, 0.717) is 18.4 Å². The summed E-state index contributed by atoms with van der Waals surface area (Å²) in [5.74, 6) is -6.98. The Hall–Kier alpha value is -3.38. The number of fused-ring (bicyclic) bond motifs is 2.